The molecule has 0 bridgehead atoms. The van der Waals surface area contributed by atoms with Crippen LogP contribution in [0.15, 0.2) is 72.0 Å². The van der Waals surface area contributed by atoms with E-state index >= 15 is 0 Å². The lowest BCUT2D eigenvalue weighted by Gasteiger charge is -2.23. The average Bonchev–Trinajstić information content (AvgIpc) is 2.70. The first kappa shape index (κ1) is 21.6. The Morgan fingerprint density at radius 2 is 1.39 bits per heavy atom. The standard InChI is InChI=1S/C20H24N3O4P/c1-3-26-28(25,27-4-2)19(22-21)20(24)23(15-17-11-7-5-8-12-17)16-18-13-9-6-10-14-18/h5-14H,3-4,15-16H2,1-2H3/p+1. The van der Waals surface area contributed by atoms with Gasteiger partial charge in [-0.1, -0.05) is 60.7 Å². The molecule has 7 nitrogen and oxygen atoms in total. The number of benzene rings is 2. The summed E-state index contributed by atoms with van der Waals surface area (Å²) in [7, 11) is -3.98. The molecule has 0 heterocycles. The number of hydrogen-bond donors (Lipinski definition) is 1. The van der Waals surface area contributed by atoms with Crippen LogP contribution in [0.25, 0.3) is 4.98 Å². The van der Waals surface area contributed by atoms with Crippen molar-refractivity contribution in [2.75, 3.05) is 13.2 Å². The molecule has 0 atom stereocenters. The third kappa shape index (κ3) is 5.67. The summed E-state index contributed by atoms with van der Waals surface area (Å²) in [6.07, 6.45) is 0. The highest BCUT2D eigenvalue weighted by atomic mass is 31.2. The van der Waals surface area contributed by atoms with E-state index in [2.05, 4.69) is 4.98 Å². The van der Waals surface area contributed by atoms with Crippen LogP contribution < -0.4 is 0 Å². The summed E-state index contributed by atoms with van der Waals surface area (Å²) >= 11 is 0. The predicted octanol–water partition coefficient (Wildman–Crippen LogP) is 5.49. The molecule has 8 heteroatoms. The quantitative estimate of drug-likeness (QED) is 0.321. The van der Waals surface area contributed by atoms with Gasteiger partial charge in [-0.2, -0.15) is 0 Å². The van der Waals surface area contributed by atoms with E-state index in [-0.39, 0.29) is 13.2 Å². The third-order valence-corrected chi connectivity index (χ3v) is 5.89. The van der Waals surface area contributed by atoms with E-state index in [1.807, 2.05) is 60.7 Å². The lowest BCUT2D eigenvalue weighted by molar-refractivity contribution is 0.179. The van der Waals surface area contributed by atoms with Gasteiger partial charge in [-0.3, -0.25) is 0 Å². The van der Waals surface area contributed by atoms with E-state index < -0.39 is 18.9 Å². The molecule has 0 unspecified atom stereocenters. The van der Waals surface area contributed by atoms with Gasteiger partial charge in [0, 0.05) is 13.1 Å². The Bertz CT molecular complexity index is 815. The van der Waals surface area contributed by atoms with E-state index in [1.54, 1.807) is 18.7 Å². The monoisotopic (exact) mass is 402 g/mol. The van der Waals surface area contributed by atoms with E-state index in [0.717, 1.165) is 11.1 Å². The highest BCUT2D eigenvalue weighted by Crippen LogP contribution is 2.57. The first-order chi connectivity index (χ1) is 13.5. The largest absolute Gasteiger partial charge is 0.528 e. The van der Waals surface area contributed by atoms with Gasteiger partial charge in [0.25, 0.3) is 5.88 Å². The van der Waals surface area contributed by atoms with Crippen molar-refractivity contribution in [3.63, 3.8) is 0 Å². The second-order valence-corrected chi connectivity index (χ2v) is 7.84. The fourth-order valence-electron chi connectivity index (χ4n) is 2.68. The molecule has 0 radical (unpaired) electrons. The van der Waals surface area contributed by atoms with Crippen molar-refractivity contribution >= 4 is 7.60 Å². The Hall–Kier alpha value is -2.65. The Kier molecular flexibility index (Phi) is 8.21. The van der Waals surface area contributed by atoms with Gasteiger partial charge in [-0.05, 0) is 25.0 Å². The molecular weight excluding hydrogens is 377 g/mol. The molecule has 0 aromatic heterocycles. The first-order valence-corrected chi connectivity index (χ1v) is 10.6. The van der Waals surface area contributed by atoms with Crippen molar-refractivity contribution in [3.05, 3.63) is 88.1 Å². The topological polar surface area (TPSA) is 87.1 Å². The molecule has 1 N–H and O–H groups in total. The fraction of sp³-hybridized carbons (Fsp3) is 0.300. The minimum absolute atomic E-state index is 0.0704. The van der Waals surface area contributed by atoms with Crippen molar-refractivity contribution in [2.24, 2.45) is 0 Å². The van der Waals surface area contributed by atoms with Crippen molar-refractivity contribution in [2.45, 2.75) is 26.9 Å². The van der Waals surface area contributed by atoms with Crippen LogP contribution in [0.4, 0.5) is 0 Å². The van der Waals surface area contributed by atoms with Gasteiger partial charge < -0.3 is 19.1 Å². The molecule has 0 aliphatic heterocycles. The minimum Gasteiger partial charge on any atom is -0.489 e. The predicted molar refractivity (Wildman–Crippen MR) is 108 cm³/mol. The second-order valence-electron chi connectivity index (χ2n) is 5.91. The van der Waals surface area contributed by atoms with Crippen molar-refractivity contribution in [1.29, 1.82) is 5.39 Å². The number of hydrogen-bond acceptors (Lipinski definition) is 6. The molecule has 0 aliphatic rings. The van der Waals surface area contributed by atoms with Gasteiger partial charge >= 0.3 is 13.0 Å². The Morgan fingerprint density at radius 1 is 0.964 bits per heavy atom. The number of diazo groups is 1. The molecule has 0 aliphatic carbocycles. The van der Waals surface area contributed by atoms with Gasteiger partial charge in [0.2, 0.25) is 5.39 Å². The Balaban J connectivity index is 2.47. The number of aliphatic hydroxyl groups excluding tert-OH is 1. The smallest absolute Gasteiger partial charge is 0.489 e. The van der Waals surface area contributed by atoms with Crippen molar-refractivity contribution in [3.8, 4) is 0 Å². The van der Waals surface area contributed by atoms with Crippen molar-refractivity contribution < 1.29 is 18.7 Å². The molecule has 2 aromatic rings. The van der Waals surface area contributed by atoms with Crippen LogP contribution in [0.3, 0.4) is 0 Å². The molecule has 0 amide bonds. The fourth-order valence-corrected chi connectivity index (χ4v) is 4.17. The summed E-state index contributed by atoms with van der Waals surface area (Å²) in [6.45, 7) is 4.03. The zero-order valence-electron chi connectivity index (χ0n) is 16.1. The average molecular weight is 402 g/mol. The highest BCUT2D eigenvalue weighted by Gasteiger charge is 2.47. The Labute approximate surface area is 165 Å². The van der Waals surface area contributed by atoms with E-state index in [0.29, 0.717) is 13.1 Å². The minimum atomic E-state index is -3.98. The second kappa shape index (κ2) is 10.6. The molecule has 2 aromatic carbocycles. The zero-order valence-corrected chi connectivity index (χ0v) is 17.0. The molecule has 28 heavy (non-hydrogen) atoms. The summed E-state index contributed by atoms with van der Waals surface area (Å²) in [4.78, 5) is 4.64. The Morgan fingerprint density at radius 3 is 1.75 bits per heavy atom. The van der Waals surface area contributed by atoms with Gasteiger partial charge in [0.05, 0.1) is 13.2 Å². The van der Waals surface area contributed by atoms with Crippen molar-refractivity contribution in [1.82, 2.24) is 4.90 Å². The molecule has 148 valence electrons. The van der Waals surface area contributed by atoms with E-state index in [9.17, 15) is 15.1 Å². The summed E-state index contributed by atoms with van der Waals surface area (Å²) < 4.78 is 23.5. The summed E-state index contributed by atoms with van der Waals surface area (Å²) in [5, 5.41) is 20.4. The normalized spacial score (nSPS) is 12.2. The third-order valence-electron chi connectivity index (χ3n) is 3.88. The van der Waals surface area contributed by atoms with Crippen LogP contribution >= 0.6 is 7.60 Å². The molecular formula is C20H25N3O4P+. The van der Waals surface area contributed by atoms with Gasteiger partial charge in [0.15, 0.2) is 4.98 Å². The summed E-state index contributed by atoms with van der Waals surface area (Å²) in [5.41, 5.74) is 1.33. The number of rotatable bonds is 10. The van der Waals surface area contributed by atoms with Crippen LogP contribution in [-0.4, -0.2) is 23.2 Å². The van der Waals surface area contributed by atoms with Crippen LogP contribution in [0.5, 0.6) is 0 Å². The first-order valence-electron chi connectivity index (χ1n) is 9.04. The molecule has 0 fully saturated rings. The zero-order chi connectivity index (χ0) is 20.4. The highest BCUT2D eigenvalue weighted by molar-refractivity contribution is 7.58. The molecule has 2 rings (SSSR count). The number of nitrogens with zero attached hydrogens (tertiary/aromatic N) is 3. The molecule has 0 spiro atoms. The lowest BCUT2D eigenvalue weighted by atomic mass is 10.2. The molecule has 0 saturated carbocycles. The maximum atomic E-state index is 13.1. The van der Waals surface area contributed by atoms with Crippen LogP contribution in [0, 0.1) is 5.39 Å². The lowest BCUT2D eigenvalue weighted by Crippen LogP contribution is -2.23. The van der Waals surface area contributed by atoms with Crippen LogP contribution in [0.1, 0.15) is 25.0 Å². The maximum absolute atomic E-state index is 13.1. The van der Waals surface area contributed by atoms with Gasteiger partial charge in [-0.25, -0.2) is 4.57 Å². The maximum Gasteiger partial charge on any atom is 0.528 e. The van der Waals surface area contributed by atoms with Gasteiger partial charge in [-0.15, -0.1) is 0 Å². The molecule has 0 saturated heterocycles. The van der Waals surface area contributed by atoms with Crippen LogP contribution in [-0.2, 0) is 26.7 Å². The summed E-state index contributed by atoms with van der Waals surface area (Å²) in [6, 6.07) is 19.0. The van der Waals surface area contributed by atoms with Gasteiger partial charge in [0.1, 0.15) is 0 Å². The van der Waals surface area contributed by atoms with Crippen LogP contribution in [0.2, 0.25) is 0 Å². The van der Waals surface area contributed by atoms with E-state index in [4.69, 9.17) is 9.05 Å². The SMILES string of the molecule is CCOP(=O)(OCC)/C([N+]#N)=C(\O)N(Cc1ccccc1)Cc1ccccc1. The number of aliphatic hydroxyl groups is 1. The summed E-state index contributed by atoms with van der Waals surface area (Å²) in [5.74, 6) is -0.458. The van der Waals surface area contributed by atoms with E-state index in [1.165, 1.54) is 0 Å².